The summed E-state index contributed by atoms with van der Waals surface area (Å²) < 4.78 is 27.7. The molecule has 5 nitrogen and oxygen atoms in total. The molecule has 1 aromatic carbocycles. The van der Waals surface area contributed by atoms with Gasteiger partial charge in [-0.25, -0.2) is 8.78 Å². The van der Waals surface area contributed by atoms with Gasteiger partial charge in [0.25, 0.3) is 5.69 Å². The van der Waals surface area contributed by atoms with Gasteiger partial charge in [-0.15, -0.1) is 0 Å². The summed E-state index contributed by atoms with van der Waals surface area (Å²) in [6, 6.07) is 1.51. The van der Waals surface area contributed by atoms with Gasteiger partial charge in [-0.05, 0) is 25.3 Å². The molecule has 2 rings (SSSR count). The highest BCUT2D eigenvalue weighted by Crippen LogP contribution is 2.31. The van der Waals surface area contributed by atoms with Gasteiger partial charge in [0, 0.05) is 13.1 Å². The Morgan fingerprint density at radius 3 is 2.58 bits per heavy atom. The molecule has 1 atom stereocenters. The van der Waals surface area contributed by atoms with Gasteiger partial charge in [0.2, 0.25) is 0 Å². The average molecular weight is 271 g/mol. The van der Waals surface area contributed by atoms with E-state index in [4.69, 9.17) is 5.73 Å². The third kappa shape index (κ3) is 2.81. The Morgan fingerprint density at radius 2 is 2.05 bits per heavy atom. The normalized spacial score (nSPS) is 19.5. The molecule has 1 fully saturated rings. The van der Waals surface area contributed by atoms with Crippen LogP contribution in [0.25, 0.3) is 0 Å². The van der Waals surface area contributed by atoms with Gasteiger partial charge in [-0.1, -0.05) is 0 Å². The summed E-state index contributed by atoms with van der Waals surface area (Å²) in [6.07, 6.45) is 1.74. The highest BCUT2D eigenvalue weighted by atomic mass is 19.1. The number of nitro benzene ring substituents is 1. The van der Waals surface area contributed by atoms with Gasteiger partial charge in [0.05, 0.1) is 17.1 Å². The van der Waals surface area contributed by atoms with E-state index in [1.54, 1.807) is 4.90 Å². The fourth-order valence-corrected chi connectivity index (χ4v) is 2.42. The minimum atomic E-state index is -0.899. The number of rotatable bonds is 3. The van der Waals surface area contributed by atoms with Crippen molar-refractivity contribution in [2.75, 3.05) is 24.5 Å². The summed E-state index contributed by atoms with van der Waals surface area (Å²) >= 11 is 0. The molecular weight excluding hydrogens is 256 g/mol. The molecule has 19 heavy (non-hydrogen) atoms. The maximum absolute atomic E-state index is 13.9. The Labute approximate surface area is 109 Å². The number of nitrogens with zero attached hydrogens (tertiary/aromatic N) is 2. The van der Waals surface area contributed by atoms with Gasteiger partial charge < -0.3 is 10.6 Å². The van der Waals surface area contributed by atoms with Crippen LogP contribution in [-0.4, -0.2) is 24.6 Å². The van der Waals surface area contributed by atoms with Crippen molar-refractivity contribution in [2.45, 2.75) is 12.8 Å². The predicted octanol–water partition coefficient (Wildman–Crippen LogP) is 2.05. The lowest BCUT2D eigenvalue weighted by atomic mass is 9.97. The maximum Gasteiger partial charge on any atom is 0.275 e. The molecule has 104 valence electrons. The molecule has 1 saturated heterocycles. The van der Waals surface area contributed by atoms with E-state index in [0.717, 1.165) is 25.0 Å². The minimum absolute atomic E-state index is 0.191. The van der Waals surface area contributed by atoms with Crippen LogP contribution in [0.5, 0.6) is 0 Å². The molecule has 2 N–H and O–H groups in total. The zero-order valence-corrected chi connectivity index (χ0v) is 10.3. The monoisotopic (exact) mass is 271 g/mol. The van der Waals surface area contributed by atoms with Crippen molar-refractivity contribution >= 4 is 11.4 Å². The van der Waals surface area contributed by atoms with Crippen LogP contribution in [0.2, 0.25) is 0 Å². The second kappa shape index (κ2) is 5.48. The molecule has 0 aliphatic carbocycles. The smallest absolute Gasteiger partial charge is 0.275 e. The van der Waals surface area contributed by atoms with Crippen molar-refractivity contribution in [1.82, 2.24) is 0 Å². The quantitative estimate of drug-likeness (QED) is 0.674. The molecule has 0 bridgehead atoms. The summed E-state index contributed by atoms with van der Waals surface area (Å²) in [5, 5.41) is 10.5. The number of hydrogen-bond donors (Lipinski definition) is 1. The molecule has 0 spiro atoms. The van der Waals surface area contributed by atoms with Crippen LogP contribution in [0.3, 0.4) is 0 Å². The zero-order chi connectivity index (χ0) is 14.0. The highest BCUT2D eigenvalue weighted by molar-refractivity contribution is 5.54. The minimum Gasteiger partial charge on any atom is -0.366 e. The van der Waals surface area contributed by atoms with Crippen LogP contribution in [0.4, 0.5) is 20.2 Å². The predicted molar refractivity (Wildman–Crippen MR) is 67.0 cm³/mol. The Morgan fingerprint density at radius 1 is 1.42 bits per heavy atom. The first-order chi connectivity index (χ1) is 9.02. The first-order valence-electron chi connectivity index (χ1n) is 6.11. The number of nitrogens with two attached hydrogens (primary N) is 1. The Kier molecular flexibility index (Phi) is 3.94. The number of halogens is 2. The lowest BCUT2D eigenvalue weighted by molar-refractivity contribution is -0.385. The Hall–Kier alpha value is -1.76. The molecule has 7 heteroatoms. The van der Waals surface area contributed by atoms with Gasteiger partial charge in [0.15, 0.2) is 11.6 Å². The van der Waals surface area contributed by atoms with E-state index >= 15 is 0 Å². The number of nitro groups is 1. The van der Waals surface area contributed by atoms with Crippen molar-refractivity contribution in [3.63, 3.8) is 0 Å². The standard InChI is InChI=1S/C12H15F2N3O2/c13-10-4-9(17(18)19)5-11(14)12(10)16-3-1-2-8(6-15)7-16/h4-5,8H,1-3,6-7,15H2. The van der Waals surface area contributed by atoms with E-state index in [2.05, 4.69) is 0 Å². The molecule has 1 unspecified atom stereocenters. The van der Waals surface area contributed by atoms with Gasteiger partial charge in [0.1, 0.15) is 5.69 Å². The van der Waals surface area contributed by atoms with E-state index in [1.807, 2.05) is 0 Å². The van der Waals surface area contributed by atoms with Crippen molar-refractivity contribution in [2.24, 2.45) is 11.7 Å². The largest absolute Gasteiger partial charge is 0.366 e. The van der Waals surface area contributed by atoms with E-state index in [-0.39, 0.29) is 11.6 Å². The molecule has 1 aromatic rings. The number of non-ortho nitro benzene ring substituents is 1. The number of hydrogen-bond acceptors (Lipinski definition) is 4. The topological polar surface area (TPSA) is 72.4 Å². The lowest BCUT2D eigenvalue weighted by Gasteiger charge is -2.34. The Balaban J connectivity index is 2.31. The van der Waals surface area contributed by atoms with E-state index in [9.17, 15) is 18.9 Å². The fraction of sp³-hybridized carbons (Fsp3) is 0.500. The molecule has 1 aliphatic rings. The molecule has 0 radical (unpaired) electrons. The summed E-state index contributed by atoms with van der Waals surface area (Å²) in [5.41, 5.74) is 4.81. The molecule has 1 heterocycles. The van der Waals surface area contributed by atoms with E-state index in [1.165, 1.54) is 0 Å². The summed E-state index contributed by atoms with van der Waals surface area (Å²) in [4.78, 5) is 11.3. The van der Waals surface area contributed by atoms with E-state index < -0.39 is 22.2 Å². The number of piperidine rings is 1. The van der Waals surface area contributed by atoms with Gasteiger partial charge in [-0.3, -0.25) is 10.1 Å². The maximum atomic E-state index is 13.9. The van der Waals surface area contributed by atoms with Crippen LogP contribution in [0, 0.1) is 27.7 Å². The van der Waals surface area contributed by atoms with Gasteiger partial charge in [-0.2, -0.15) is 0 Å². The average Bonchev–Trinajstić information content (AvgIpc) is 2.38. The summed E-state index contributed by atoms with van der Waals surface area (Å²) in [6.45, 7) is 1.47. The first kappa shape index (κ1) is 13.7. The molecule has 0 amide bonds. The molecular formula is C12H15F2N3O2. The lowest BCUT2D eigenvalue weighted by Crippen LogP contribution is -2.39. The highest BCUT2D eigenvalue weighted by Gasteiger charge is 2.26. The second-order valence-corrected chi connectivity index (χ2v) is 4.71. The molecule has 0 aromatic heterocycles. The van der Waals surface area contributed by atoms with Crippen LogP contribution in [0.1, 0.15) is 12.8 Å². The summed E-state index contributed by atoms with van der Waals surface area (Å²) in [7, 11) is 0. The number of benzene rings is 1. The van der Waals surface area contributed by atoms with Crippen LogP contribution < -0.4 is 10.6 Å². The van der Waals surface area contributed by atoms with E-state index in [0.29, 0.717) is 19.6 Å². The second-order valence-electron chi connectivity index (χ2n) is 4.71. The fourth-order valence-electron chi connectivity index (χ4n) is 2.42. The Bertz CT molecular complexity index is 473. The van der Waals surface area contributed by atoms with Crippen LogP contribution >= 0.6 is 0 Å². The van der Waals surface area contributed by atoms with Crippen molar-refractivity contribution in [3.8, 4) is 0 Å². The van der Waals surface area contributed by atoms with Crippen LogP contribution in [0.15, 0.2) is 12.1 Å². The molecule has 1 aliphatic heterocycles. The van der Waals surface area contributed by atoms with Crippen LogP contribution in [-0.2, 0) is 0 Å². The third-order valence-electron chi connectivity index (χ3n) is 3.38. The van der Waals surface area contributed by atoms with Crippen molar-refractivity contribution < 1.29 is 13.7 Å². The van der Waals surface area contributed by atoms with Gasteiger partial charge >= 0.3 is 0 Å². The molecule has 0 saturated carbocycles. The summed E-state index contributed by atoms with van der Waals surface area (Å²) in [5.74, 6) is -1.60. The third-order valence-corrected chi connectivity index (χ3v) is 3.38. The number of anilines is 1. The van der Waals surface area contributed by atoms with Crippen molar-refractivity contribution in [3.05, 3.63) is 33.9 Å². The zero-order valence-electron chi connectivity index (χ0n) is 10.3. The SMILES string of the molecule is NCC1CCCN(c2c(F)cc([N+](=O)[O-])cc2F)C1. The van der Waals surface area contributed by atoms with Crippen molar-refractivity contribution in [1.29, 1.82) is 0 Å². The first-order valence-corrected chi connectivity index (χ1v) is 6.11.